The van der Waals surface area contributed by atoms with Gasteiger partial charge in [0.05, 0.1) is 55.5 Å². The molecule has 3 aliphatic heterocycles. The molecule has 76 heavy (non-hydrogen) atoms. The Labute approximate surface area is 445 Å². The first kappa shape index (κ1) is 55.3. The minimum absolute atomic E-state index is 0.0123. The summed E-state index contributed by atoms with van der Waals surface area (Å²) >= 11 is 0. The van der Waals surface area contributed by atoms with Crippen LogP contribution < -0.4 is 34.8 Å². The van der Waals surface area contributed by atoms with Gasteiger partial charge in [0.25, 0.3) is 5.91 Å². The van der Waals surface area contributed by atoms with Gasteiger partial charge in [-0.05, 0) is 154 Å². The van der Waals surface area contributed by atoms with Crippen molar-refractivity contribution in [2.24, 2.45) is 5.92 Å². The zero-order chi connectivity index (χ0) is 53.8. The maximum Gasteiger partial charge on any atom is 0.264 e. The molecular weight excluding hydrogens is 965 g/mol. The Morgan fingerprint density at radius 3 is 1.83 bits per heavy atom. The largest absolute Gasteiger partial charge is 0.494 e. The molecular formula is C60H72N6O10. The van der Waals surface area contributed by atoms with Crippen LogP contribution in [0.15, 0.2) is 121 Å². The normalized spacial score (nSPS) is 18.5. The number of hydrogen-bond acceptors (Lipinski definition) is 12. The molecule has 0 spiro atoms. The van der Waals surface area contributed by atoms with Crippen LogP contribution in [-0.4, -0.2) is 114 Å². The third kappa shape index (κ3) is 12.2. The predicted octanol–water partition coefficient (Wildman–Crippen LogP) is 6.72. The van der Waals surface area contributed by atoms with Crippen LogP contribution in [0.4, 0.5) is 28.4 Å². The summed E-state index contributed by atoms with van der Waals surface area (Å²) in [5.41, 5.74) is 4.31. The van der Waals surface area contributed by atoms with Gasteiger partial charge in [-0.3, -0.25) is 29.0 Å². The van der Waals surface area contributed by atoms with E-state index in [4.69, 9.17) is 9.47 Å². The molecule has 402 valence electrons. The molecule has 4 amide bonds. The Balaban J connectivity index is 1.15. The van der Waals surface area contributed by atoms with Crippen molar-refractivity contribution in [3.63, 3.8) is 0 Å². The lowest BCUT2D eigenvalue weighted by Gasteiger charge is -2.35. The number of carbonyl (C=O) groups excluding carboxylic acids is 4. The van der Waals surface area contributed by atoms with Crippen molar-refractivity contribution in [2.75, 3.05) is 67.4 Å². The van der Waals surface area contributed by atoms with Crippen molar-refractivity contribution < 1.29 is 49.1 Å². The van der Waals surface area contributed by atoms with E-state index < -0.39 is 29.5 Å². The third-order valence-electron chi connectivity index (χ3n) is 14.4. The summed E-state index contributed by atoms with van der Waals surface area (Å²) in [6, 6.07) is 32.3. The number of aliphatic hydroxyl groups is 4. The molecule has 16 nitrogen and oxygen atoms in total. The average molecular weight is 1040 g/mol. The van der Waals surface area contributed by atoms with Gasteiger partial charge in [-0.1, -0.05) is 61.5 Å². The van der Waals surface area contributed by atoms with E-state index in [2.05, 4.69) is 10.6 Å². The van der Waals surface area contributed by atoms with E-state index >= 15 is 4.79 Å². The fourth-order valence-electron chi connectivity index (χ4n) is 10.5. The molecule has 0 fully saturated rings. The molecule has 0 saturated carbocycles. The van der Waals surface area contributed by atoms with Crippen LogP contribution in [0, 0.1) is 5.92 Å². The van der Waals surface area contributed by atoms with Gasteiger partial charge < -0.3 is 50.3 Å². The molecule has 5 aromatic carbocycles. The average Bonchev–Trinajstić information content (AvgIpc) is 3.81. The van der Waals surface area contributed by atoms with Crippen LogP contribution in [0.3, 0.4) is 0 Å². The van der Waals surface area contributed by atoms with E-state index in [0.29, 0.717) is 117 Å². The number of ether oxygens (including phenoxy) is 2. The summed E-state index contributed by atoms with van der Waals surface area (Å²) in [4.78, 5) is 64.5. The standard InChI is InChI=1S/C60H72N6O10/c1-4-75-48-22-25-53-44(34-48)36-51(61-27-9-11-30-67)57(71)65(53)46-19-14-18-43(33-46)40-64-55-24-21-47(66-54-26-23-49(76-5-2)35-45(54)37-52(58(66)72)62-28-10-12-31-68)38-50(55)60(74,59(64)73)41(3)15-13-20-56(70)63(29-32-69)39-42-16-7-6-8-17-42/h6-8,13-19,21-26,33-35,38,41,51-52,61-62,67-69,74H,4-5,9-12,20,27-32,36-37,39-40H2,1-3H3/b15-13+/t41-,51?,52?,60+/m0/s1. The molecule has 8 rings (SSSR count). The third-order valence-corrected chi connectivity index (χ3v) is 14.4. The van der Waals surface area contributed by atoms with Crippen LogP contribution >= 0.6 is 0 Å². The molecule has 0 aromatic heterocycles. The van der Waals surface area contributed by atoms with Gasteiger partial charge in [0.1, 0.15) is 11.5 Å². The number of unbranched alkanes of at least 4 members (excludes halogenated alkanes) is 2. The maximum atomic E-state index is 15.3. The smallest absolute Gasteiger partial charge is 0.264 e. The van der Waals surface area contributed by atoms with E-state index in [1.54, 1.807) is 52.0 Å². The quantitative estimate of drug-likeness (QED) is 0.0252. The van der Waals surface area contributed by atoms with E-state index in [-0.39, 0.29) is 62.6 Å². The maximum absolute atomic E-state index is 15.3. The van der Waals surface area contributed by atoms with Gasteiger partial charge in [0, 0.05) is 55.6 Å². The Kier molecular flexibility index (Phi) is 18.7. The molecule has 4 atom stereocenters. The zero-order valence-electron chi connectivity index (χ0n) is 43.8. The van der Waals surface area contributed by atoms with Gasteiger partial charge in [0.2, 0.25) is 17.7 Å². The van der Waals surface area contributed by atoms with Gasteiger partial charge in [-0.25, -0.2) is 0 Å². The SMILES string of the molecule is CCOc1ccc2c(c1)CC(NCCCCO)C(=O)N2c1cccc(CN2C(=O)[C@@](O)([C@@H](C)/C=C/CC(=O)N(CCO)Cc3ccccc3)c3cc(N4C(=O)C(NCCCCO)Cc5cc(OCC)ccc54)ccc32)c1. The highest BCUT2D eigenvalue weighted by Crippen LogP contribution is 2.49. The van der Waals surface area contributed by atoms with Crippen LogP contribution in [0.5, 0.6) is 11.5 Å². The molecule has 5 aromatic rings. The minimum atomic E-state index is -2.17. The van der Waals surface area contributed by atoms with Crippen molar-refractivity contribution in [3.05, 3.63) is 149 Å². The second-order valence-corrected chi connectivity index (χ2v) is 19.6. The van der Waals surface area contributed by atoms with Crippen LogP contribution in [-0.2, 0) is 50.7 Å². The molecule has 0 bridgehead atoms. The van der Waals surface area contributed by atoms with Gasteiger partial charge in [-0.2, -0.15) is 0 Å². The second-order valence-electron chi connectivity index (χ2n) is 19.6. The minimum Gasteiger partial charge on any atom is -0.494 e. The molecule has 0 aliphatic carbocycles. The summed E-state index contributed by atoms with van der Waals surface area (Å²) in [5.74, 6) is -0.736. The monoisotopic (exact) mass is 1040 g/mol. The summed E-state index contributed by atoms with van der Waals surface area (Å²) in [6.45, 7) is 7.88. The Morgan fingerprint density at radius 1 is 0.697 bits per heavy atom. The predicted molar refractivity (Wildman–Crippen MR) is 293 cm³/mol. The zero-order valence-corrected chi connectivity index (χ0v) is 43.8. The number of rotatable bonds is 26. The highest BCUT2D eigenvalue weighted by molar-refractivity contribution is 6.10. The number of benzene rings is 5. The first-order chi connectivity index (χ1) is 36.9. The van der Waals surface area contributed by atoms with Crippen molar-refractivity contribution in [1.82, 2.24) is 15.5 Å². The topological polar surface area (TPSA) is 205 Å². The molecule has 6 N–H and O–H groups in total. The highest BCUT2D eigenvalue weighted by Gasteiger charge is 2.53. The first-order valence-corrected chi connectivity index (χ1v) is 26.7. The van der Waals surface area contributed by atoms with Gasteiger partial charge >= 0.3 is 0 Å². The molecule has 0 radical (unpaired) electrons. The Morgan fingerprint density at radius 2 is 1.26 bits per heavy atom. The summed E-state index contributed by atoms with van der Waals surface area (Å²) in [7, 11) is 0. The molecule has 0 saturated heterocycles. The number of hydrogen-bond donors (Lipinski definition) is 6. The highest BCUT2D eigenvalue weighted by atomic mass is 16.5. The molecule has 16 heteroatoms. The number of carbonyl (C=O) groups is 4. The fourth-order valence-corrected chi connectivity index (χ4v) is 10.5. The van der Waals surface area contributed by atoms with Crippen molar-refractivity contribution in [2.45, 2.75) is 96.5 Å². The fraction of sp³-hybridized carbons (Fsp3) is 0.400. The lowest BCUT2D eigenvalue weighted by molar-refractivity contribution is -0.139. The lowest BCUT2D eigenvalue weighted by Crippen LogP contribution is -2.49. The van der Waals surface area contributed by atoms with Crippen molar-refractivity contribution in [1.29, 1.82) is 0 Å². The van der Waals surface area contributed by atoms with E-state index in [1.165, 1.54) is 4.90 Å². The lowest BCUT2D eigenvalue weighted by atomic mass is 9.82. The van der Waals surface area contributed by atoms with Crippen LogP contribution in [0.1, 0.15) is 80.7 Å². The Hall–Kier alpha value is -6.92. The number of nitrogens with one attached hydrogen (secondary N) is 2. The van der Waals surface area contributed by atoms with Crippen LogP contribution in [0.2, 0.25) is 0 Å². The summed E-state index contributed by atoms with van der Waals surface area (Å²) < 4.78 is 11.7. The van der Waals surface area contributed by atoms with Crippen molar-refractivity contribution >= 4 is 52.1 Å². The Bertz CT molecular complexity index is 2860. The van der Waals surface area contributed by atoms with Gasteiger partial charge in [-0.15, -0.1) is 0 Å². The number of anilines is 5. The van der Waals surface area contributed by atoms with Crippen LogP contribution in [0.25, 0.3) is 0 Å². The summed E-state index contributed by atoms with van der Waals surface area (Å²) in [5, 5.41) is 48.7. The van der Waals surface area contributed by atoms with E-state index in [1.807, 2.05) is 105 Å². The molecule has 2 unspecified atom stereocenters. The molecule has 3 aliphatic rings. The second kappa shape index (κ2) is 25.7. The van der Waals surface area contributed by atoms with E-state index in [0.717, 1.165) is 16.7 Å². The van der Waals surface area contributed by atoms with E-state index in [9.17, 15) is 34.8 Å². The summed E-state index contributed by atoms with van der Waals surface area (Å²) in [6.07, 6.45) is 6.68. The number of nitrogens with zero attached hydrogens (tertiary/aromatic N) is 4. The molecule has 3 heterocycles. The van der Waals surface area contributed by atoms with Gasteiger partial charge in [0.15, 0.2) is 5.60 Å². The number of aliphatic hydroxyl groups excluding tert-OH is 3. The van der Waals surface area contributed by atoms with Crippen molar-refractivity contribution in [3.8, 4) is 11.5 Å². The first-order valence-electron chi connectivity index (χ1n) is 26.7. The number of amides is 4. The number of fused-ring (bicyclic) bond motifs is 3.